The van der Waals surface area contributed by atoms with Crippen LogP contribution in [0.2, 0.25) is 0 Å². The first-order valence-electron chi connectivity index (χ1n) is 7.09. The second-order valence-corrected chi connectivity index (χ2v) is 5.03. The van der Waals surface area contributed by atoms with Crippen LogP contribution in [0.3, 0.4) is 0 Å². The number of esters is 1. The van der Waals surface area contributed by atoms with Crippen molar-refractivity contribution in [1.29, 1.82) is 0 Å². The number of carbonyl (C=O) groups is 2. The van der Waals surface area contributed by atoms with Crippen molar-refractivity contribution in [1.82, 2.24) is 0 Å². The second kappa shape index (κ2) is 6.40. The number of carbonyl (C=O) groups excluding carboxylic acids is 2. The lowest BCUT2D eigenvalue weighted by atomic mass is 10.0. The molecule has 0 aromatic heterocycles. The third-order valence-electron chi connectivity index (χ3n) is 3.50. The van der Waals surface area contributed by atoms with Crippen molar-refractivity contribution in [3.63, 3.8) is 0 Å². The molecule has 23 heavy (non-hydrogen) atoms. The van der Waals surface area contributed by atoms with Crippen LogP contribution in [0.1, 0.15) is 20.7 Å². The van der Waals surface area contributed by atoms with Gasteiger partial charge in [0.15, 0.2) is 6.61 Å². The van der Waals surface area contributed by atoms with Crippen LogP contribution >= 0.6 is 0 Å². The van der Waals surface area contributed by atoms with Crippen molar-refractivity contribution in [3.05, 3.63) is 83.7 Å². The standard InChI is InChI=1S/C19H13FO3/c20-15-10-8-14(9-11-15)19(22)23-12-18(21)17-7-3-5-13-4-1-2-6-16(13)17/h1-11H,12H2. The van der Waals surface area contributed by atoms with Gasteiger partial charge in [-0.1, -0.05) is 42.5 Å². The van der Waals surface area contributed by atoms with Gasteiger partial charge in [0.25, 0.3) is 0 Å². The summed E-state index contributed by atoms with van der Waals surface area (Å²) in [7, 11) is 0. The molecule has 0 fully saturated rings. The molecule has 0 saturated carbocycles. The van der Waals surface area contributed by atoms with Gasteiger partial charge in [0.05, 0.1) is 5.56 Å². The van der Waals surface area contributed by atoms with Crippen molar-refractivity contribution in [3.8, 4) is 0 Å². The van der Waals surface area contributed by atoms with Crippen LogP contribution in [0.5, 0.6) is 0 Å². The van der Waals surface area contributed by atoms with Crippen LogP contribution < -0.4 is 0 Å². The summed E-state index contributed by atoms with van der Waals surface area (Å²) in [5.41, 5.74) is 0.715. The van der Waals surface area contributed by atoms with E-state index in [9.17, 15) is 14.0 Å². The molecular formula is C19H13FO3. The van der Waals surface area contributed by atoms with Gasteiger partial charge >= 0.3 is 5.97 Å². The fourth-order valence-corrected chi connectivity index (χ4v) is 2.35. The number of rotatable bonds is 4. The van der Waals surface area contributed by atoms with Crippen molar-refractivity contribution < 1.29 is 18.7 Å². The smallest absolute Gasteiger partial charge is 0.338 e. The quantitative estimate of drug-likeness (QED) is 0.540. The van der Waals surface area contributed by atoms with Crippen LogP contribution in [0.4, 0.5) is 4.39 Å². The Morgan fingerprint density at radius 1 is 0.870 bits per heavy atom. The maximum atomic E-state index is 12.8. The predicted octanol–water partition coefficient (Wildman–Crippen LogP) is 4.02. The molecule has 0 unspecified atom stereocenters. The van der Waals surface area contributed by atoms with E-state index in [1.54, 1.807) is 12.1 Å². The molecule has 0 spiro atoms. The molecule has 0 radical (unpaired) electrons. The van der Waals surface area contributed by atoms with Crippen LogP contribution in [0, 0.1) is 5.82 Å². The van der Waals surface area contributed by atoms with Crippen LogP contribution in [-0.4, -0.2) is 18.4 Å². The fourth-order valence-electron chi connectivity index (χ4n) is 2.35. The average molecular weight is 308 g/mol. The van der Waals surface area contributed by atoms with Gasteiger partial charge < -0.3 is 4.74 Å². The van der Waals surface area contributed by atoms with Crippen LogP contribution in [-0.2, 0) is 4.74 Å². The predicted molar refractivity (Wildman–Crippen MR) is 85.0 cm³/mol. The van der Waals surface area contributed by atoms with Gasteiger partial charge in [0.1, 0.15) is 5.82 Å². The summed E-state index contributed by atoms with van der Waals surface area (Å²) in [6, 6.07) is 17.9. The zero-order valence-electron chi connectivity index (χ0n) is 12.2. The second-order valence-electron chi connectivity index (χ2n) is 5.03. The molecule has 0 aliphatic rings. The molecule has 0 bridgehead atoms. The first kappa shape index (κ1) is 14.9. The van der Waals surface area contributed by atoms with Gasteiger partial charge in [-0.25, -0.2) is 9.18 Å². The molecule has 0 atom stereocenters. The molecule has 0 N–H and O–H groups in total. The van der Waals surface area contributed by atoms with Gasteiger partial charge in [0, 0.05) is 5.56 Å². The molecule has 3 aromatic rings. The highest BCUT2D eigenvalue weighted by Gasteiger charge is 2.13. The number of fused-ring (bicyclic) bond motifs is 1. The molecule has 0 amide bonds. The molecule has 0 saturated heterocycles. The van der Waals surface area contributed by atoms with Crippen molar-refractivity contribution in [2.24, 2.45) is 0 Å². The van der Waals surface area contributed by atoms with Gasteiger partial charge in [-0.2, -0.15) is 0 Å². The zero-order valence-corrected chi connectivity index (χ0v) is 12.2. The summed E-state index contributed by atoms with van der Waals surface area (Å²) in [4.78, 5) is 24.2. The Morgan fingerprint density at radius 2 is 1.57 bits per heavy atom. The molecule has 3 nitrogen and oxygen atoms in total. The normalized spacial score (nSPS) is 10.5. The number of ketones is 1. The average Bonchev–Trinajstić information content (AvgIpc) is 2.59. The maximum Gasteiger partial charge on any atom is 0.338 e. The van der Waals surface area contributed by atoms with E-state index in [0.717, 1.165) is 10.8 Å². The van der Waals surface area contributed by atoms with E-state index in [-0.39, 0.29) is 18.0 Å². The fraction of sp³-hybridized carbons (Fsp3) is 0.0526. The van der Waals surface area contributed by atoms with Crippen molar-refractivity contribution >= 4 is 22.5 Å². The van der Waals surface area contributed by atoms with E-state index in [1.165, 1.54) is 24.3 Å². The molecular weight excluding hydrogens is 295 g/mol. The SMILES string of the molecule is O=C(OCC(=O)c1cccc2ccccc12)c1ccc(F)cc1. The van der Waals surface area contributed by atoms with Crippen molar-refractivity contribution in [2.75, 3.05) is 6.61 Å². The van der Waals surface area contributed by atoms with Gasteiger partial charge in [-0.15, -0.1) is 0 Å². The summed E-state index contributed by atoms with van der Waals surface area (Å²) in [6.07, 6.45) is 0. The van der Waals surface area contributed by atoms with Gasteiger partial charge in [-0.3, -0.25) is 4.79 Å². The number of hydrogen-bond donors (Lipinski definition) is 0. The molecule has 114 valence electrons. The summed E-state index contributed by atoms with van der Waals surface area (Å²) >= 11 is 0. The lowest BCUT2D eigenvalue weighted by Gasteiger charge is -2.07. The van der Waals surface area contributed by atoms with Crippen LogP contribution in [0.15, 0.2) is 66.7 Å². The summed E-state index contributed by atoms with van der Waals surface area (Å²) in [5.74, 6) is -1.37. The van der Waals surface area contributed by atoms with E-state index in [2.05, 4.69) is 0 Å². The molecule has 4 heteroatoms. The Bertz CT molecular complexity index is 864. The molecule has 0 heterocycles. The highest BCUT2D eigenvalue weighted by molar-refractivity contribution is 6.09. The zero-order chi connectivity index (χ0) is 16.2. The monoisotopic (exact) mass is 308 g/mol. The number of ether oxygens (including phenoxy) is 1. The third-order valence-corrected chi connectivity index (χ3v) is 3.50. The van der Waals surface area contributed by atoms with Crippen molar-refractivity contribution in [2.45, 2.75) is 0 Å². The summed E-state index contributed by atoms with van der Waals surface area (Å²) in [6.45, 7) is -0.357. The first-order chi connectivity index (χ1) is 11.1. The van der Waals surface area contributed by atoms with Crippen LogP contribution in [0.25, 0.3) is 10.8 Å². The Morgan fingerprint density at radius 3 is 2.35 bits per heavy atom. The minimum atomic E-state index is -0.654. The van der Waals surface area contributed by atoms with E-state index in [0.29, 0.717) is 5.56 Å². The van der Waals surface area contributed by atoms with Gasteiger partial charge in [-0.05, 0) is 35.0 Å². The first-order valence-corrected chi connectivity index (χ1v) is 7.09. The third kappa shape index (κ3) is 3.26. The maximum absolute atomic E-state index is 12.8. The largest absolute Gasteiger partial charge is 0.454 e. The molecule has 3 rings (SSSR count). The molecule has 3 aromatic carbocycles. The number of benzene rings is 3. The molecule has 0 aliphatic carbocycles. The van der Waals surface area contributed by atoms with E-state index in [4.69, 9.17) is 4.74 Å². The lowest BCUT2D eigenvalue weighted by molar-refractivity contribution is 0.0475. The topological polar surface area (TPSA) is 43.4 Å². The Labute approximate surface area is 132 Å². The summed E-state index contributed by atoms with van der Waals surface area (Å²) < 4.78 is 17.8. The van der Waals surface area contributed by atoms with Gasteiger partial charge in [0.2, 0.25) is 5.78 Å². The molecule has 0 aliphatic heterocycles. The van der Waals surface area contributed by atoms with E-state index < -0.39 is 11.8 Å². The Balaban J connectivity index is 1.74. The minimum Gasteiger partial charge on any atom is -0.454 e. The van der Waals surface area contributed by atoms with E-state index in [1.807, 2.05) is 30.3 Å². The summed E-state index contributed by atoms with van der Waals surface area (Å²) in [5, 5.41) is 1.76. The minimum absolute atomic E-state index is 0.206. The number of halogens is 1. The highest BCUT2D eigenvalue weighted by Crippen LogP contribution is 2.19. The Kier molecular flexibility index (Phi) is 4.15. The number of hydrogen-bond acceptors (Lipinski definition) is 3. The Hall–Kier alpha value is -3.01. The van der Waals surface area contributed by atoms with E-state index >= 15 is 0 Å². The number of Topliss-reactive ketones (excluding diaryl/α,β-unsaturated/α-hetero) is 1. The lowest BCUT2D eigenvalue weighted by Crippen LogP contribution is -2.14. The highest BCUT2D eigenvalue weighted by atomic mass is 19.1.